The number of amides is 1. The number of aromatic nitrogens is 2. The molecule has 0 radical (unpaired) electrons. The van der Waals surface area contributed by atoms with Gasteiger partial charge in [0, 0.05) is 12.6 Å². The Balaban J connectivity index is 2.63. The number of ether oxygens (including phenoxy) is 1. The number of rotatable bonds is 1. The Kier molecular flexibility index (Phi) is 3.07. The van der Waals surface area contributed by atoms with Crippen LogP contribution in [-0.2, 0) is 11.8 Å². The lowest BCUT2D eigenvalue weighted by molar-refractivity contribution is 0.0634. The second-order valence-corrected chi connectivity index (χ2v) is 4.42. The van der Waals surface area contributed by atoms with E-state index in [1.165, 1.54) is 0 Å². The number of carbonyl (C=O) groups excluding carboxylic acids is 1. The first-order valence-electron chi connectivity index (χ1n) is 4.78. The lowest BCUT2D eigenvalue weighted by Crippen LogP contribution is -2.27. The molecule has 1 N–H and O–H groups in total. The van der Waals surface area contributed by atoms with Crippen molar-refractivity contribution in [2.75, 3.05) is 5.32 Å². The molecule has 0 aliphatic carbocycles. The van der Waals surface area contributed by atoms with E-state index in [0.717, 1.165) is 5.59 Å². The van der Waals surface area contributed by atoms with E-state index in [1.807, 2.05) is 28.6 Å². The third-order valence-corrected chi connectivity index (χ3v) is 1.63. The smallest absolute Gasteiger partial charge is 0.413 e. The van der Waals surface area contributed by atoms with Gasteiger partial charge in [0.05, 0.1) is 0 Å². The molecular formula is C9H16BN3O2. The Morgan fingerprint density at radius 1 is 1.60 bits per heavy atom. The van der Waals surface area contributed by atoms with Gasteiger partial charge in [-0.1, -0.05) is 0 Å². The number of anilines is 1. The van der Waals surface area contributed by atoms with Crippen LogP contribution in [0.5, 0.6) is 0 Å². The monoisotopic (exact) mass is 209 g/mol. The Labute approximate surface area is 90.2 Å². The van der Waals surface area contributed by atoms with Crippen molar-refractivity contribution in [2.24, 2.45) is 7.05 Å². The van der Waals surface area contributed by atoms with Crippen molar-refractivity contribution in [3.05, 3.63) is 6.07 Å². The van der Waals surface area contributed by atoms with Gasteiger partial charge in [-0.2, -0.15) is 5.10 Å². The van der Waals surface area contributed by atoms with E-state index < -0.39 is 11.7 Å². The molecule has 0 saturated carbocycles. The average Bonchev–Trinajstić information content (AvgIpc) is 2.25. The predicted molar refractivity (Wildman–Crippen MR) is 61.2 cm³/mol. The summed E-state index contributed by atoms with van der Waals surface area (Å²) in [5, 5.41) is 6.73. The number of carbonyl (C=O) groups is 1. The summed E-state index contributed by atoms with van der Waals surface area (Å²) in [6.07, 6.45) is -0.467. The minimum absolute atomic E-state index is 0.467. The Morgan fingerprint density at radius 2 is 2.20 bits per heavy atom. The van der Waals surface area contributed by atoms with Crippen molar-refractivity contribution in [1.82, 2.24) is 9.78 Å². The van der Waals surface area contributed by atoms with Gasteiger partial charge in [-0.25, -0.2) is 4.79 Å². The summed E-state index contributed by atoms with van der Waals surface area (Å²) in [5.41, 5.74) is 0.362. The van der Waals surface area contributed by atoms with Crippen LogP contribution < -0.4 is 10.9 Å². The molecule has 0 bridgehead atoms. The average molecular weight is 209 g/mol. The predicted octanol–water partition coefficient (Wildman–Crippen LogP) is 0.0255. The van der Waals surface area contributed by atoms with Crippen molar-refractivity contribution in [2.45, 2.75) is 26.4 Å². The molecule has 0 saturated heterocycles. The molecule has 1 heterocycles. The zero-order chi connectivity index (χ0) is 11.6. The molecule has 0 unspecified atom stereocenters. The van der Waals surface area contributed by atoms with Crippen molar-refractivity contribution in [1.29, 1.82) is 0 Å². The molecule has 1 rings (SSSR count). The molecule has 0 atom stereocenters. The number of aryl methyl sites for hydroxylation is 1. The van der Waals surface area contributed by atoms with E-state index in [2.05, 4.69) is 10.4 Å². The molecule has 1 amide bonds. The fourth-order valence-corrected chi connectivity index (χ4v) is 1.14. The summed E-state index contributed by atoms with van der Waals surface area (Å²) in [4.78, 5) is 11.4. The molecule has 0 aliphatic heterocycles. The van der Waals surface area contributed by atoms with Crippen LogP contribution in [0.2, 0.25) is 0 Å². The standard InChI is InChI=1S/C9H16BN3O2/c1-9(2,3)15-8(14)11-7-5-6(10)12-13(7)4/h5H,10H2,1-4H3,(H,11,14). The van der Waals surface area contributed by atoms with E-state index >= 15 is 0 Å². The second kappa shape index (κ2) is 3.96. The van der Waals surface area contributed by atoms with Crippen molar-refractivity contribution >= 4 is 25.4 Å². The second-order valence-electron chi connectivity index (χ2n) is 4.42. The van der Waals surface area contributed by atoms with Gasteiger partial charge in [-0.15, -0.1) is 0 Å². The molecule has 15 heavy (non-hydrogen) atoms. The molecule has 5 nitrogen and oxygen atoms in total. The van der Waals surface area contributed by atoms with Gasteiger partial charge in [-0.05, 0) is 26.8 Å². The molecule has 82 valence electrons. The van der Waals surface area contributed by atoms with E-state index in [-0.39, 0.29) is 0 Å². The van der Waals surface area contributed by atoms with Crippen molar-refractivity contribution in [3.63, 3.8) is 0 Å². The Bertz CT molecular complexity index is 368. The minimum atomic E-state index is -0.488. The lowest BCUT2D eigenvalue weighted by atomic mass is 10.1. The van der Waals surface area contributed by atoms with Gasteiger partial charge < -0.3 is 4.74 Å². The van der Waals surface area contributed by atoms with Gasteiger partial charge in [-0.3, -0.25) is 10.00 Å². The maximum Gasteiger partial charge on any atom is 0.413 e. The molecular weight excluding hydrogens is 193 g/mol. The summed E-state index contributed by atoms with van der Waals surface area (Å²) in [7, 11) is 3.62. The SMILES string of the molecule is Bc1cc(NC(=O)OC(C)(C)C)n(C)n1. The molecule has 6 heteroatoms. The molecule has 0 fully saturated rings. The highest BCUT2D eigenvalue weighted by Gasteiger charge is 2.17. The van der Waals surface area contributed by atoms with E-state index in [0.29, 0.717) is 5.82 Å². The summed E-state index contributed by atoms with van der Waals surface area (Å²) in [5.74, 6) is 0.627. The Hall–Kier alpha value is -1.46. The van der Waals surface area contributed by atoms with E-state index in [1.54, 1.807) is 17.8 Å². The summed E-state index contributed by atoms with van der Waals surface area (Å²) in [6, 6.07) is 1.78. The maximum absolute atomic E-state index is 11.4. The number of hydrogen-bond acceptors (Lipinski definition) is 3. The largest absolute Gasteiger partial charge is 0.444 e. The van der Waals surface area contributed by atoms with Crippen LogP contribution in [0.4, 0.5) is 10.6 Å². The van der Waals surface area contributed by atoms with Crippen LogP contribution in [-0.4, -0.2) is 29.3 Å². The quantitative estimate of drug-likeness (QED) is 0.663. The van der Waals surface area contributed by atoms with Crippen LogP contribution >= 0.6 is 0 Å². The normalized spacial score (nSPS) is 11.2. The molecule has 0 spiro atoms. The third kappa shape index (κ3) is 3.65. The first kappa shape index (κ1) is 11.6. The van der Waals surface area contributed by atoms with E-state index in [4.69, 9.17) is 4.74 Å². The van der Waals surface area contributed by atoms with Gasteiger partial charge >= 0.3 is 6.09 Å². The number of nitrogens with one attached hydrogen (secondary N) is 1. The van der Waals surface area contributed by atoms with Crippen LogP contribution in [0.15, 0.2) is 6.07 Å². The number of hydrogen-bond donors (Lipinski definition) is 1. The number of nitrogens with zero attached hydrogens (tertiary/aromatic N) is 2. The minimum Gasteiger partial charge on any atom is -0.444 e. The zero-order valence-electron chi connectivity index (χ0n) is 9.79. The van der Waals surface area contributed by atoms with Gasteiger partial charge in [0.2, 0.25) is 0 Å². The van der Waals surface area contributed by atoms with Crippen LogP contribution in [0.1, 0.15) is 20.8 Å². The highest BCUT2D eigenvalue weighted by Crippen LogP contribution is 2.09. The highest BCUT2D eigenvalue weighted by molar-refractivity contribution is 6.31. The fraction of sp³-hybridized carbons (Fsp3) is 0.556. The molecule has 1 aromatic heterocycles. The van der Waals surface area contributed by atoms with E-state index in [9.17, 15) is 4.79 Å². The maximum atomic E-state index is 11.4. The first-order chi connectivity index (χ1) is 6.78. The summed E-state index contributed by atoms with van der Waals surface area (Å²) < 4.78 is 6.71. The first-order valence-corrected chi connectivity index (χ1v) is 4.78. The van der Waals surface area contributed by atoms with Gasteiger partial charge in [0.25, 0.3) is 0 Å². The van der Waals surface area contributed by atoms with Crippen LogP contribution in [0.25, 0.3) is 0 Å². The molecule has 1 aromatic rings. The zero-order valence-corrected chi connectivity index (χ0v) is 9.79. The van der Waals surface area contributed by atoms with Crippen molar-refractivity contribution < 1.29 is 9.53 Å². The lowest BCUT2D eigenvalue weighted by Gasteiger charge is -2.19. The highest BCUT2D eigenvalue weighted by atomic mass is 16.6. The summed E-state index contributed by atoms with van der Waals surface area (Å²) in [6.45, 7) is 5.46. The topological polar surface area (TPSA) is 56.1 Å². The third-order valence-electron chi connectivity index (χ3n) is 1.63. The van der Waals surface area contributed by atoms with Crippen molar-refractivity contribution in [3.8, 4) is 0 Å². The Morgan fingerprint density at radius 3 is 2.60 bits per heavy atom. The van der Waals surface area contributed by atoms with Crippen LogP contribution in [0, 0.1) is 0 Å². The van der Waals surface area contributed by atoms with Gasteiger partial charge in [0.15, 0.2) is 7.85 Å². The molecule has 0 aliphatic rings. The molecule has 0 aromatic carbocycles. The fourth-order valence-electron chi connectivity index (χ4n) is 1.14. The van der Waals surface area contributed by atoms with Gasteiger partial charge in [0.1, 0.15) is 11.4 Å². The van der Waals surface area contributed by atoms with Crippen LogP contribution in [0.3, 0.4) is 0 Å². The summed E-state index contributed by atoms with van der Waals surface area (Å²) >= 11 is 0.